The highest BCUT2D eigenvalue weighted by atomic mass is 32.2. The molecule has 0 unspecified atom stereocenters. The zero-order chi connectivity index (χ0) is 14.3. The van der Waals surface area contributed by atoms with Gasteiger partial charge in [0.25, 0.3) is 0 Å². The number of hydrogen-bond donors (Lipinski definition) is 3. The smallest absolute Gasteiger partial charge is 0.240 e. The summed E-state index contributed by atoms with van der Waals surface area (Å²) in [6.45, 7) is 0.414. The van der Waals surface area contributed by atoms with Crippen LogP contribution in [-0.2, 0) is 10.0 Å². The Bertz CT molecular complexity index is 504. The molecule has 4 N–H and O–H groups in total. The third-order valence-electron chi connectivity index (χ3n) is 2.63. The van der Waals surface area contributed by atoms with E-state index in [1.165, 1.54) is 18.2 Å². The Kier molecular flexibility index (Phi) is 6.47. The Morgan fingerprint density at radius 3 is 2.68 bits per heavy atom. The summed E-state index contributed by atoms with van der Waals surface area (Å²) in [6, 6.07) is 3.87. The molecule has 0 fully saturated rings. The fourth-order valence-corrected chi connectivity index (χ4v) is 3.14. The highest BCUT2D eigenvalue weighted by molar-refractivity contribution is 7.98. The van der Waals surface area contributed by atoms with Gasteiger partial charge >= 0.3 is 0 Å². The molecule has 108 valence electrons. The zero-order valence-electron chi connectivity index (χ0n) is 10.9. The van der Waals surface area contributed by atoms with E-state index < -0.39 is 10.0 Å². The molecule has 0 radical (unpaired) electrons. The quantitative estimate of drug-likeness (QED) is 0.387. The van der Waals surface area contributed by atoms with E-state index in [-0.39, 0.29) is 16.3 Å². The van der Waals surface area contributed by atoms with Crippen molar-refractivity contribution < 1.29 is 13.5 Å². The van der Waals surface area contributed by atoms with Gasteiger partial charge in [-0.3, -0.25) is 0 Å². The van der Waals surface area contributed by atoms with Crippen LogP contribution in [0.3, 0.4) is 0 Å². The summed E-state index contributed by atoms with van der Waals surface area (Å²) >= 11 is 1.79. The van der Waals surface area contributed by atoms with Gasteiger partial charge in [0.05, 0.1) is 10.6 Å². The number of phenols is 1. The normalized spacial score (nSPS) is 11.6. The van der Waals surface area contributed by atoms with Crippen molar-refractivity contribution in [3.8, 4) is 5.75 Å². The molecular formula is C12H20N2O3S2. The van der Waals surface area contributed by atoms with Crippen molar-refractivity contribution in [3.05, 3.63) is 18.2 Å². The Balaban J connectivity index is 2.49. The first kappa shape index (κ1) is 16.1. The molecule has 0 saturated carbocycles. The number of rotatable bonds is 8. The molecule has 0 aliphatic rings. The first-order chi connectivity index (χ1) is 8.97. The van der Waals surface area contributed by atoms with Gasteiger partial charge in [0.1, 0.15) is 5.75 Å². The molecule has 0 saturated heterocycles. The van der Waals surface area contributed by atoms with E-state index in [2.05, 4.69) is 11.0 Å². The number of nitrogen functional groups attached to an aromatic ring is 1. The fourth-order valence-electron chi connectivity index (χ4n) is 1.54. The van der Waals surface area contributed by atoms with E-state index in [4.69, 9.17) is 5.73 Å². The van der Waals surface area contributed by atoms with Gasteiger partial charge in [0, 0.05) is 6.54 Å². The van der Waals surface area contributed by atoms with Crippen molar-refractivity contribution in [3.63, 3.8) is 0 Å². The number of nitrogens with one attached hydrogen (secondary N) is 1. The lowest BCUT2D eigenvalue weighted by atomic mass is 10.2. The minimum Gasteiger partial charge on any atom is -0.506 e. The second-order valence-corrected chi connectivity index (χ2v) is 6.92. The van der Waals surface area contributed by atoms with E-state index in [0.717, 1.165) is 25.0 Å². The van der Waals surface area contributed by atoms with Gasteiger partial charge in [-0.25, -0.2) is 13.1 Å². The zero-order valence-corrected chi connectivity index (χ0v) is 12.6. The van der Waals surface area contributed by atoms with E-state index in [0.29, 0.717) is 6.54 Å². The number of aromatic hydroxyl groups is 1. The van der Waals surface area contributed by atoms with Crippen LogP contribution in [0, 0.1) is 0 Å². The number of hydrogen-bond acceptors (Lipinski definition) is 5. The van der Waals surface area contributed by atoms with Gasteiger partial charge in [0.15, 0.2) is 0 Å². The molecule has 0 heterocycles. The average molecular weight is 304 g/mol. The van der Waals surface area contributed by atoms with Crippen LogP contribution in [-0.4, -0.2) is 32.1 Å². The fraction of sp³-hybridized carbons (Fsp3) is 0.500. The summed E-state index contributed by atoms with van der Waals surface area (Å²) in [7, 11) is -3.54. The van der Waals surface area contributed by atoms with Crippen molar-refractivity contribution in [2.45, 2.75) is 24.2 Å². The molecule has 19 heavy (non-hydrogen) atoms. The average Bonchev–Trinajstić information content (AvgIpc) is 2.36. The van der Waals surface area contributed by atoms with Gasteiger partial charge in [-0.1, -0.05) is 6.42 Å². The van der Waals surface area contributed by atoms with Crippen molar-refractivity contribution in [1.82, 2.24) is 4.72 Å². The molecule has 0 spiro atoms. The van der Waals surface area contributed by atoms with Gasteiger partial charge in [0.2, 0.25) is 10.0 Å². The highest BCUT2D eigenvalue weighted by Gasteiger charge is 2.14. The third kappa shape index (κ3) is 5.30. The topological polar surface area (TPSA) is 92.4 Å². The Morgan fingerprint density at radius 2 is 2.05 bits per heavy atom. The summed E-state index contributed by atoms with van der Waals surface area (Å²) in [5.74, 6) is 0.984. The molecule has 1 aromatic carbocycles. The number of sulfonamides is 1. The standard InChI is InChI=1S/C12H20N2O3S2/c1-18-8-4-2-3-7-14-19(16,17)10-5-6-12(15)11(13)9-10/h5-6,9,14-15H,2-4,7-8,13H2,1H3. The largest absolute Gasteiger partial charge is 0.506 e. The second kappa shape index (κ2) is 7.62. The molecule has 0 atom stereocenters. The lowest BCUT2D eigenvalue weighted by molar-refractivity contribution is 0.477. The van der Waals surface area contributed by atoms with E-state index >= 15 is 0 Å². The van der Waals surface area contributed by atoms with Gasteiger partial charge < -0.3 is 10.8 Å². The molecule has 1 rings (SSSR count). The summed E-state index contributed by atoms with van der Waals surface area (Å²) in [5, 5.41) is 9.26. The lowest BCUT2D eigenvalue weighted by Gasteiger charge is -2.08. The first-order valence-corrected chi connectivity index (χ1v) is 8.92. The first-order valence-electron chi connectivity index (χ1n) is 6.04. The van der Waals surface area contributed by atoms with Crippen molar-refractivity contribution in [2.24, 2.45) is 0 Å². The number of thioether (sulfide) groups is 1. The SMILES string of the molecule is CSCCCCCNS(=O)(=O)c1ccc(O)c(N)c1. The van der Waals surface area contributed by atoms with Crippen LogP contribution >= 0.6 is 11.8 Å². The van der Waals surface area contributed by atoms with Crippen LogP contribution in [0.15, 0.2) is 23.1 Å². The summed E-state index contributed by atoms with van der Waals surface area (Å²) in [5.41, 5.74) is 5.54. The third-order valence-corrected chi connectivity index (χ3v) is 4.78. The summed E-state index contributed by atoms with van der Waals surface area (Å²) < 4.78 is 26.4. The Morgan fingerprint density at radius 1 is 1.32 bits per heavy atom. The molecule has 5 nitrogen and oxygen atoms in total. The number of phenolic OH excluding ortho intramolecular Hbond substituents is 1. The second-order valence-electron chi connectivity index (χ2n) is 4.17. The van der Waals surface area contributed by atoms with E-state index in [1.807, 2.05) is 0 Å². The number of benzene rings is 1. The van der Waals surface area contributed by atoms with Gasteiger partial charge in [-0.15, -0.1) is 0 Å². The number of anilines is 1. The minimum atomic E-state index is -3.54. The lowest BCUT2D eigenvalue weighted by Crippen LogP contribution is -2.24. The van der Waals surface area contributed by atoms with Crippen LogP contribution in [0.1, 0.15) is 19.3 Å². The van der Waals surface area contributed by atoms with Gasteiger partial charge in [-0.05, 0) is 43.0 Å². The van der Waals surface area contributed by atoms with Crippen molar-refractivity contribution in [2.75, 3.05) is 24.3 Å². The molecular weight excluding hydrogens is 284 g/mol. The molecule has 1 aromatic rings. The van der Waals surface area contributed by atoms with Gasteiger partial charge in [-0.2, -0.15) is 11.8 Å². The minimum absolute atomic E-state index is 0.0582. The van der Waals surface area contributed by atoms with Crippen LogP contribution in [0.5, 0.6) is 5.75 Å². The summed E-state index contributed by atoms with van der Waals surface area (Å²) in [4.78, 5) is 0.0758. The maximum absolute atomic E-state index is 11.9. The number of nitrogens with two attached hydrogens (primary N) is 1. The van der Waals surface area contributed by atoms with Crippen molar-refractivity contribution >= 4 is 27.5 Å². The van der Waals surface area contributed by atoms with E-state index in [9.17, 15) is 13.5 Å². The predicted molar refractivity (Wildman–Crippen MR) is 79.9 cm³/mol. The van der Waals surface area contributed by atoms with Crippen molar-refractivity contribution in [1.29, 1.82) is 0 Å². The maximum atomic E-state index is 11.9. The highest BCUT2D eigenvalue weighted by Crippen LogP contribution is 2.22. The maximum Gasteiger partial charge on any atom is 0.240 e. The molecule has 0 aliphatic carbocycles. The monoisotopic (exact) mass is 304 g/mol. The summed E-state index contributed by atoms with van der Waals surface area (Å²) in [6.07, 6.45) is 4.96. The molecule has 0 bridgehead atoms. The van der Waals surface area contributed by atoms with Crippen LogP contribution < -0.4 is 10.5 Å². The molecule has 7 heteroatoms. The molecule has 0 aromatic heterocycles. The van der Waals surface area contributed by atoms with Crippen LogP contribution in [0.25, 0.3) is 0 Å². The van der Waals surface area contributed by atoms with Crippen LogP contribution in [0.4, 0.5) is 5.69 Å². The Labute approximate surface area is 118 Å². The predicted octanol–water partition coefficient (Wildman–Crippen LogP) is 1.79. The van der Waals surface area contributed by atoms with E-state index in [1.54, 1.807) is 11.8 Å². The Hall–Kier alpha value is -0.920. The number of unbranched alkanes of at least 4 members (excludes halogenated alkanes) is 2. The molecule has 0 amide bonds. The van der Waals surface area contributed by atoms with Crippen LogP contribution in [0.2, 0.25) is 0 Å². The molecule has 0 aliphatic heterocycles.